The van der Waals surface area contributed by atoms with Crippen LogP contribution in [0.4, 0.5) is 0 Å². The van der Waals surface area contributed by atoms with E-state index >= 15 is 0 Å². The Balaban J connectivity index is 3.26. The van der Waals surface area contributed by atoms with Gasteiger partial charge in [0.05, 0.1) is 57.9 Å². The molecule has 37 heavy (non-hydrogen) atoms. The summed E-state index contributed by atoms with van der Waals surface area (Å²) in [7, 11) is 1.23. The first kappa shape index (κ1) is 29.4. The number of carbonyl (C=O) groups is 2. The van der Waals surface area contributed by atoms with E-state index in [4.69, 9.17) is 33.2 Å². The molecule has 0 atom stereocenters. The molecule has 0 aliphatic heterocycles. The number of ether oxygens (including phenoxy) is 7. The predicted octanol–water partition coefficient (Wildman–Crippen LogP) is 5.23. The molecule has 10 nitrogen and oxygen atoms in total. The average Bonchev–Trinajstić information content (AvgIpc) is 2.87. The molecule has 0 heterocycles. The molecule has 0 aliphatic rings. The number of hydrogen-bond acceptors (Lipinski definition) is 9. The molecule has 204 valence electrons. The summed E-state index contributed by atoms with van der Waals surface area (Å²) in [5.41, 5.74) is 0.000501. The molecule has 2 aromatic carbocycles. The molecule has 0 radical (unpaired) electrons. The standard InChI is InChI=1S/C27H36O10/c1-8-32-18-14-16(26(28)29)20(24(36-12-5)22(18)34-10-3)21-17(27(30)31-7)15-19(33-9-2)23(35-11-4)25(21)37-13-6/h14-15H,8-13H2,1-7H3,(H,28,29). The van der Waals surface area contributed by atoms with Crippen molar-refractivity contribution < 1.29 is 47.9 Å². The van der Waals surface area contributed by atoms with Crippen molar-refractivity contribution in [3.8, 4) is 45.6 Å². The Bertz CT molecular complexity index is 1090. The van der Waals surface area contributed by atoms with Crippen molar-refractivity contribution in [3.63, 3.8) is 0 Å². The fourth-order valence-corrected chi connectivity index (χ4v) is 3.82. The number of methoxy groups -OCH3 is 1. The van der Waals surface area contributed by atoms with Gasteiger partial charge in [-0.25, -0.2) is 9.59 Å². The van der Waals surface area contributed by atoms with Crippen molar-refractivity contribution in [2.75, 3.05) is 46.8 Å². The molecular formula is C27H36O10. The van der Waals surface area contributed by atoms with Crippen LogP contribution in [0.2, 0.25) is 0 Å². The van der Waals surface area contributed by atoms with Crippen molar-refractivity contribution in [2.45, 2.75) is 41.5 Å². The number of rotatable bonds is 15. The molecule has 0 spiro atoms. The summed E-state index contributed by atoms with van der Waals surface area (Å²) in [6, 6.07) is 2.80. The highest BCUT2D eigenvalue weighted by molar-refractivity contribution is 6.08. The zero-order valence-corrected chi connectivity index (χ0v) is 22.5. The summed E-state index contributed by atoms with van der Waals surface area (Å²) in [6.45, 7) is 12.1. The summed E-state index contributed by atoms with van der Waals surface area (Å²) in [5.74, 6) is -0.923. The highest BCUT2D eigenvalue weighted by Crippen LogP contribution is 2.54. The predicted molar refractivity (Wildman–Crippen MR) is 137 cm³/mol. The lowest BCUT2D eigenvalue weighted by Gasteiger charge is -2.25. The van der Waals surface area contributed by atoms with Gasteiger partial charge in [-0.1, -0.05) is 0 Å². The highest BCUT2D eigenvalue weighted by atomic mass is 16.6. The number of carboxylic acid groups (broad SMARTS) is 1. The molecule has 0 aliphatic carbocycles. The average molecular weight is 521 g/mol. The van der Waals surface area contributed by atoms with Crippen LogP contribution < -0.4 is 28.4 Å². The van der Waals surface area contributed by atoms with Crippen LogP contribution in [-0.4, -0.2) is 63.8 Å². The van der Waals surface area contributed by atoms with Crippen LogP contribution in [0.5, 0.6) is 34.5 Å². The number of hydrogen-bond donors (Lipinski definition) is 1. The Kier molecular flexibility index (Phi) is 11.2. The van der Waals surface area contributed by atoms with E-state index in [0.717, 1.165) is 0 Å². The summed E-state index contributed by atoms with van der Waals surface area (Å²) < 4.78 is 40.3. The van der Waals surface area contributed by atoms with Gasteiger partial charge in [0.25, 0.3) is 0 Å². The van der Waals surface area contributed by atoms with E-state index in [-0.39, 0.29) is 96.4 Å². The van der Waals surface area contributed by atoms with Gasteiger partial charge in [-0.3, -0.25) is 0 Å². The first-order chi connectivity index (χ1) is 17.8. The van der Waals surface area contributed by atoms with E-state index in [9.17, 15) is 14.7 Å². The van der Waals surface area contributed by atoms with Crippen molar-refractivity contribution in [1.29, 1.82) is 0 Å². The van der Waals surface area contributed by atoms with Crippen LogP contribution in [0.1, 0.15) is 62.3 Å². The van der Waals surface area contributed by atoms with Gasteiger partial charge in [-0.2, -0.15) is 0 Å². The van der Waals surface area contributed by atoms with Crippen molar-refractivity contribution in [2.24, 2.45) is 0 Å². The topological polar surface area (TPSA) is 119 Å². The second-order valence-electron chi connectivity index (χ2n) is 7.31. The van der Waals surface area contributed by atoms with Crippen LogP contribution in [0.25, 0.3) is 11.1 Å². The van der Waals surface area contributed by atoms with Crippen LogP contribution in [-0.2, 0) is 4.74 Å². The number of carboxylic acids is 1. The van der Waals surface area contributed by atoms with Gasteiger partial charge >= 0.3 is 11.9 Å². The fraction of sp³-hybridized carbons (Fsp3) is 0.481. The van der Waals surface area contributed by atoms with E-state index in [1.165, 1.54) is 19.2 Å². The monoisotopic (exact) mass is 520 g/mol. The lowest BCUT2D eigenvalue weighted by atomic mass is 9.91. The van der Waals surface area contributed by atoms with Gasteiger partial charge < -0.3 is 38.3 Å². The highest BCUT2D eigenvalue weighted by Gasteiger charge is 2.34. The molecule has 0 bridgehead atoms. The Labute approximate surface area is 217 Å². The molecule has 0 saturated carbocycles. The minimum absolute atomic E-state index is 0.00733. The normalized spacial score (nSPS) is 10.5. The zero-order chi connectivity index (χ0) is 27.5. The zero-order valence-electron chi connectivity index (χ0n) is 22.5. The van der Waals surface area contributed by atoms with E-state index in [1.54, 1.807) is 41.5 Å². The Morgan fingerprint density at radius 2 is 0.946 bits per heavy atom. The first-order valence-electron chi connectivity index (χ1n) is 12.3. The van der Waals surface area contributed by atoms with Crippen LogP contribution in [0.3, 0.4) is 0 Å². The van der Waals surface area contributed by atoms with Crippen LogP contribution in [0.15, 0.2) is 12.1 Å². The number of carbonyl (C=O) groups excluding carboxylic acids is 1. The molecule has 1 N–H and O–H groups in total. The molecule has 0 saturated heterocycles. The maximum atomic E-state index is 13.1. The van der Waals surface area contributed by atoms with E-state index < -0.39 is 11.9 Å². The lowest BCUT2D eigenvalue weighted by Crippen LogP contribution is -2.14. The van der Waals surface area contributed by atoms with Crippen LogP contribution in [0, 0.1) is 0 Å². The molecule has 0 amide bonds. The van der Waals surface area contributed by atoms with Gasteiger partial charge in [0.15, 0.2) is 23.0 Å². The second-order valence-corrected chi connectivity index (χ2v) is 7.31. The smallest absolute Gasteiger partial charge is 0.338 e. The third-order valence-corrected chi connectivity index (χ3v) is 5.04. The summed E-state index contributed by atoms with van der Waals surface area (Å²) in [4.78, 5) is 25.7. The van der Waals surface area contributed by atoms with E-state index in [1.807, 2.05) is 0 Å². The minimum Gasteiger partial charge on any atom is -0.490 e. The summed E-state index contributed by atoms with van der Waals surface area (Å²) in [5, 5.41) is 10.3. The maximum Gasteiger partial charge on any atom is 0.338 e. The largest absolute Gasteiger partial charge is 0.490 e. The van der Waals surface area contributed by atoms with Gasteiger partial charge in [0.1, 0.15) is 0 Å². The third kappa shape index (κ3) is 6.31. The molecular weight excluding hydrogens is 484 g/mol. The van der Waals surface area contributed by atoms with Gasteiger partial charge in [-0.05, 0) is 53.7 Å². The molecule has 0 unspecified atom stereocenters. The molecule has 2 aromatic rings. The molecule has 10 heteroatoms. The third-order valence-electron chi connectivity index (χ3n) is 5.04. The number of benzene rings is 2. The summed E-state index contributed by atoms with van der Waals surface area (Å²) >= 11 is 0. The Hall–Kier alpha value is -3.82. The van der Waals surface area contributed by atoms with E-state index in [0.29, 0.717) is 0 Å². The maximum absolute atomic E-state index is 13.1. The lowest BCUT2D eigenvalue weighted by molar-refractivity contribution is 0.0599. The van der Waals surface area contributed by atoms with Gasteiger partial charge in [0.2, 0.25) is 11.5 Å². The van der Waals surface area contributed by atoms with Gasteiger partial charge in [0, 0.05) is 11.1 Å². The Morgan fingerprint density at radius 3 is 1.30 bits per heavy atom. The molecule has 0 aromatic heterocycles. The van der Waals surface area contributed by atoms with Crippen molar-refractivity contribution in [3.05, 3.63) is 23.3 Å². The number of esters is 1. The Morgan fingerprint density at radius 1 is 0.595 bits per heavy atom. The van der Waals surface area contributed by atoms with Crippen molar-refractivity contribution >= 4 is 11.9 Å². The second kappa shape index (κ2) is 14.1. The summed E-state index contributed by atoms with van der Waals surface area (Å²) in [6.07, 6.45) is 0. The number of aromatic carboxylic acids is 1. The first-order valence-corrected chi connectivity index (χ1v) is 12.3. The quantitative estimate of drug-likeness (QED) is 0.313. The van der Waals surface area contributed by atoms with Crippen LogP contribution >= 0.6 is 0 Å². The SMILES string of the molecule is CCOc1cc(C(=O)O)c(-c2c(C(=O)OC)cc(OCC)c(OCC)c2OCC)c(OCC)c1OCC. The van der Waals surface area contributed by atoms with Gasteiger partial charge in [-0.15, -0.1) is 0 Å². The fourth-order valence-electron chi connectivity index (χ4n) is 3.82. The van der Waals surface area contributed by atoms with Crippen molar-refractivity contribution in [1.82, 2.24) is 0 Å². The minimum atomic E-state index is -1.27. The van der Waals surface area contributed by atoms with E-state index in [2.05, 4.69) is 0 Å². The molecule has 0 fully saturated rings. The molecule has 2 rings (SSSR count).